The molecule has 2 heterocycles. The summed E-state index contributed by atoms with van der Waals surface area (Å²) in [5.41, 5.74) is 0. The fourth-order valence-electron chi connectivity index (χ4n) is 2.00. The van der Waals surface area contributed by atoms with Crippen molar-refractivity contribution in [2.75, 3.05) is 13.2 Å². The average Bonchev–Trinajstić information content (AvgIpc) is 2.79. The van der Waals surface area contributed by atoms with Crippen LogP contribution in [0, 0.1) is 17.2 Å². The van der Waals surface area contributed by atoms with E-state index in [0.29, 0.717) is 24.7 Å². The van der Waals surface area contributed by atoms with Gasteiger partial charge < -0.3 is 9.26 Å². The molecule has 0 N–H and O–H groups in total. The summed E-state index contributed by atoms with van der Waals surface area (Å²) in [4.78, 5) is 4.41. The summed E-state index contributed by atoms with van der Waals surface area (Å²) >= 11 is 0. The summed E-state index contributed by atoms with van der Waals surface area (Å²) < 4.78 is 10.5. The van der Waals surface area contributed by atoms with E-state index >= 15 is 0 Å². The third-order valence-electron chi connectivity index (χ3n) is 3.03. The van der Waals surface area contributed by atoms with E-state index in [1.807, 2.05) is 6.92 Å². The van der Waals surface area contributed by atoms with E-state index in [9.17, 15) is 0 Å². The Balaban J connectivity index is 1.93. The molecule has 0 saturated carbocycles. The Bertz CT molecular complexity index is 391. The molecule has 0 aliphatic carbocycles. The van der Waals surface area contributed by atoms with Gasteiger partial charge in [0.25, 0.3) is 0 Å². The second kappa shape index (κ2) is 5.78. The molecule has 1 aromatic rings. The number of ether oxygens (including phenoxy) is 1. The normalized spacial score (nSPS) is 18.8. The van der Waals surface area contributed by atoms with Crippen molar-refractivity contribution in [2.45, 2.75) is 38.5 Å². The van der Waals surface area contributed by atoms with Crippen molar-refractivity contribution < 1.29 is 9.26 Å². The molecular weight excluding hydrogens is 218 g/mol. The molecule has 0 bridgehead atoms. The fraction of sp³-hybridized carbons (Fsp3) is 0.750. The van der Waals surface area contributed by atoms with Gasteiger partial charge >= 0.3 is 0 Å². The summed E-state index contributed by atoms with van der Waals surface area (Å²) in [5.74, 6) is 2.08. The molecule has 92 valence electrons. The highest BCUT2D eigenvalue weighted by atomic mass is 16.5. The zero-order valence-electron chi connectivity index (χ0n) is 10.1. The number of nitrogens with zero attached hydrogens (tertiary/aromatic N) is 3. The molecule has 1 saturated heterocycles. The predicted octanol–water partition coefficient (Wildman–Crippen LogP) is 2.06. The summed E-state index contributed by atoms with van der Waals surface area (Å²) in [6.07, 6.45) is 3.14. The van der Waals surface area contributed by atoms with E-state index in [1.54, 1.807) is 0 Å². The third kappa shape index (κ3) is 3.27. The highest BCUT2D eigenvalue weighted by Gasteiger charge is 2.21. The summed E-state index contributed by atoms with van der Waals surface area (Å²) in [6, 6.07) is 2.15. The second-order valence-corrected chi connectivity index (χ2v) is 4.60. The van der Waals surface area contributed by atoms with Crippen molar-refractivity contribution in [3.8, 4) is 6.07 Å². The number of hydrogen-bond acceptors (Lipinski definition) is 5. The lowest BCUT2D eigenvalue weighted by Crippen LogP contribution is -2.15. The first kappa shape index (κ1) is 12.1. The molecule has 0 amide bonds. The van der Waals surface area contributed by atoms with E-state index in [-0.39, 0.29) is 5.92 Å². The molecule has 0 aromatic carbocycles. The van der Waals surface area contributed by atoms with Gasteiger partial charge in [0.15, 0.2) is 5.82 Å². The molecule has 1 aliphatic heterocycles. The second-order valence-electron chi connectivity index (χ2n) is 4.60. The van der Waals surface area contributed by atoms with Gasteiger partial charge in [0.05, 0.1) is 6.07 Å². The summed E-state index contributed by atoms with van der Waals surface area (Å²) in [6.45, 7) is 3.57. The first-order valence-electron chi connectivity index (χ1n) is 6.06. The minimum atomic E-state index is 0.267. The maximum atomic E-state index is 8.59. The van der Waals surface area contributed by atoms with Gasteiger partial charge in [0, 0.05) is 32.0 Å². The summed E-state index contributed by atoms with van der Waals surface area (Å²) in [7, 11) is 0. The zero-order valence-corrected chi connectivity index (χ0v) is 10.1. The van der Waals surface area contributed by atoms with Crippen molar-refractivity contribution >= 4 is 0 Å². The van der Waals surface area contributed by atoms with Gasteiger partial charge in [-0.05, 0) is 18.8 Å². The van der Waals surface area contributed by atoms with Crippen LogP contribution in [0.1, 0.15) is 43.8 Å². The van der Waals surface area contributed by atoms with Crippen LogP contribution in [0.25, 0.3) is 0 Å². The van der Waals surface area contributed by atoms with Crippen LogP contribution in [-0.2, 0) is 11.2 Å². The largest absolute Gasteiger partial charge is 0.381 e. The topological polar surface area (TPSA) is 71.9 Å². The Labute approximate surface area is 101 Å². The van der Waals surface area contributed by atoms with Crippen LogP contribution in [0.4, 0.5) is 0 Å². The molecule has 17 heavy (non-hydrogen) atoms. The van der Waals surface area contributed by atoms with Gasteiger partial charge in [-0.15, -0.1) is 0 Å². The first-order chi connectivity index (χ1) is 8.29. The van der Waals surface area contributed by atoms with Gasteiger partial charge in [-0.3, -0.25) is 0 Å². The van der Waals surface area contributed by atoms with Gasteiger partial charge in [-0.2, -0.15) is 10.2 Å². The Morgan fingerprint density at radius 3 is 2.94 bits per heavy atom. The van der Waals surface area contributed by atoms with E-state index in [4.69, 9.17) is 14.5 Å². The Hall–Kier alpha value is -1.41. The Kier molecular flexibility index (Phi) is 4.10. The molecular formula is C12H17N3O2. The molecule has 1 fully saturated rings. The van der Waals surface area contributed by atoms with Crippen molar-refractivity contribution in [3.63, 3.8) is 0 Å². The van der Waals surface area contributed by atoms with Crippen molar-refractivity contribution in [2.24, 2.45) is 5.92 Å². The van der Waals surface area contributed by atoms with Crippen LogP contribution in [0.3, 0.4) is 0 Å². The van der Waals surface area contributed by atoms with Crippen LogP contribution >= 0.6 is 0 Å². The van der Waals surface area contributed by atoms with Gasteiger partial charge in [-0.25, -0.2) is 0 Å². The van der Waals surface area contributed by atoms with Crippen molar-refractivity contribution in [3.05, 3.63) is 11.7 Å². The predicted molar refractivity (Wildman–Crippen MR) is 60.2 cm³/mol. The quantitative estimate of drug-likeness (QED) is 0.798. The van der Waals surface area contributed by atoms with Crippen LogP contribution in [0.15, 0.2) is 4.52 Å². The third-order valence-corrected chi connectivity index (χ3v) is 3.03. The Morgan fingerprint density at radius 2 is 2.24 bits per heavy atom. The molecule has 0 spiro atoms. The molecule has 1 aliphatic rings. The minimum Gasteiger partial charge on any atom is -0.381 e. The molecule has 5 heteroatoms. The standard InChI is InChI=1S/C12H17N3O2/c1-9(2-5-13)8-11-14-12(15-17-11)10-3-6-16-7-4-10/h9-10H,2-4,6-8H2,1H3. The number of aromatic nitrogens is 2. The van der Waals surface area contributed by atoms with Gasteiger partial charge in [0.1, 0.15) is 0 Å². The highest BCUT2D eigenvalue weighted by molar-refractivity contribution is 4.97. The Morgan fingerprint density at radius 1 is 1.47 bits per heavy atom. The first-order valence-corrected chi connectivity index (χ1v) is 6.06. The molecule has 1 unspecified atom stereocenters. The monoisotopic (exact) mass is 235 g/mol. The van der Waals surface area contributed by atoms with Crippen molar-refractivity contribution in [1.29, 1.82) is 5.26 Å². The number of nitriles is 1. The van der Waals surface area contributed by atoms with E-state index < -0.39 is 0 Å². The lowest BCUT2D eigenvalue weighted by molar-refractivity contribution is 0.0830. The molecule has 5 nitrogen and oxygen atoms in total. The van der Waals surface area contributed by atoms with Crippen LogP contribution in [-0.4, -0.2) is 23.4 Å². The van der Waals surface area contributed by atoms with Gasteiger partial charge in [-0.1, -0.05) is 12.1 Å². The minimum absolute atomic E-state index is 0.267. The lowest BCUT2D eigenvalue weighted by Gasteiger charge is -2.18. The zero-order chi connectivity index (χ0) is 12.1. The van der Waals surface area contributed by atoms with Crippen LogP contribution in [0.2, 0.25) is 0 Å². The average molecular weight is 235 g/mol. The van der Waals surface area contributed by atoms with E-state index in [2.05, 4.69) is 16.2 Å². The maximum Gasteiger partial charge on any atom is 0.226 e. The highest BCUT2D eigenvalue weighted by Crippen LogP contribution is 2.24. The number of hydrogen-bond donors (Lipinski definition) is 0. The maximum absolute atomic E-state index is 8.59. The number of rotatable bonds is 4. The molecule has 1 aromatic heterocycles. The van der Waals surface area contributed by atoms with Crippen LogP contribution < -0.4 is 0 Å². The van der Waals surface area contributed by atoms with Gasteiger partial charge in [0.2, 0.25) is 5.89 Å². The molecule has 2 rings (SSSR count). The SMILES string of the molecule is CC(CC#N)Cc1nc(C2CCOCC2)no1. The lowest BCUT2D eigenvalue weighted by atomic mass is 10.00. The fourth-order valence-corrected chi connectivity index (χ4v) is 2.00. The molecule has 1 atom stereocenters. The van der Waals surface area contributed by atoms with E-state index in [1.165, 1.54) is 0 Å². The van der Waals surface area contributed by atoms with Crippen LogP contribution in [0.5, 0.6) is 0 Å². The van der Waals surface area contributed by atoms with E-state index in [0.717, 1.165) is 31.9 Å². The van der Waals surface area contributed by atoms with Crippen molar-refractivity contribution in [1.82, 2.24) is 10.1 Å². The molecule has 0 radical (unpaired) electrons. The summed E-state index contributed by atoms with van der Waals surface area (Å²) in [5, 5.41) is 12.6. The smallest absolute Gasteiger partial charge is 0.226 e.